The van der Waals surface area contributed by atoms with Crippen molar-refractivity contribution in [3.63, 3.8) is 0 Å². The summed E-state index contributed by atoms with van der Waals surface area (Å²) < 4.78 is 0. The molecule has 1 aliphatic rings. The van der Waals surface area contributed by atoms with E-state index in [1.54, 1.807) is 0 Å². The lowest BCUT2D eigenvalue weighted by atomic mass is 9.51. The predicted octanol–water partition coefficient (Wildman–Crippen LogP) is 7.21. The van der Waals surface area contributed by atoms with E-state index in [0.29, 0.717) is 0 Å². The summed E-state index contributed by atoms with van der Waals surface area (Å²) in [4.78, 5) is 2.84. The van der Waals surface area contributed by atoms with Gasteiger partial charge in [-0.25, -0.2) is 0 Å². The molecule has 1 aromatic rings. The highest BCUT2D eigenvalue weighted by Crippen LogP contribution is 2.58. The van der Waals surface area contributed by atoms with Gasteiger partial charge in [0.1, 0.15) is 0 Å². The van der Waals surface area contributed by atoms with E-state index in [1.807, 2.05) is 0 Å². The van der Waals surface area contributed by atoms with Crippen molar-refractivity contribution in [1.29, 1.82) is 0 Å². The van der Waals surface area contributed by atoms with E-state index in [-0.39, 0.29) is 23.0 Å². The van der Waals surface area contributed by atoms with Gasteiger partial charge in [-0.05, 0) is 57.2 Å². The molecule has 3 heteroatoms. The Morgan fingerprint density at radius 1 is 0.906 bits per heavy atom. The van der Waals surface area contributed by atoms with Crippen molar-refractivity contribution in [2.45, 2.75) is 129 Å². The maximum Gasteiger partial charge on any atom is 0.0431 e. The van der Waals surface area contributed by atoms with Crippen molar-refractivity contribution >= 4 is 0 Å². The third-order valence-electron chi connectivity index (χ3n) is 8.51. The molecule has 1 aromatic carbocycles. The van der Waals surface area contributed by atoms with E-state index in [9.17, 15) is 0 Å². The van der Waals surface area contributed by atoms with Crippen LogP contribution in [0.25, 0.3) is 0 Å². The van der Waals surface area contributed by atoms with Gasteiger partial charge in [-0.1, -0.05) is 103 Å². The number of hydrogen-bond acceptors (Lipinski definition) is 3. The topological polar surface area (TPSA) is 55.3 Å². The van der Waals surface area contributed by atoms with E-state index in [1.165, 1.54) is 76.2 Å². The molecule has 32 heavy (non-hydrogen) atoms. The fraction of sp³-hybridized carbons (Fsp3) is 0.793. The predicted molar refractivity (Wildman–Crippen MR) is 141 cm³/mol. The average Bonchev–Trinajstić information content (AvgIpc) is 2.82. The number of nitrogens with two attached hydrogens (primary N) is 2. The highest BCUT2D eigenvalue weighted by molar-refractivity contribution is 5.27. The summed E-state index contributed by atoms with van der Waals surface area (Å²) in [6.07, 6.45) is 15.9. The number of rotatable bonds is 15. The normalized spacial score (nSPS) is 27.0. The first-order valence-electron chi connectivity index (χ1n) is 13.8. The van der Waals surface area contributed by atoms with Crippen molar-refractivity contribution in [1.82, 2.24) is 4.90 Å². The summed E-state index contributed by atoms with van der Waals surface area (Å²) in [5.41, 5.74) is 15.8. The molecule has 1 saturated carbocycles. The fourth-order valence-electron chi connectivity index (χ4n) is 6.83. The first-order valence-corrected chi connectivity index (χ1v) is 13.8. The molecule has 0 radical (unpaired) electrons. The molecule has 184 valence electrons. The molecule has 0 saturated heterocycles. The molecule has 0 bridgehead atoms. The minimum absolute atomic E-state index is 0.0238. The van der Waals surface area contributed by atoms with Gasteiger partial charge >= 0.3 is 0 Å². The molecule has 4 N–H and O–H groups in total. The van der Waals surface area contributed by atoms with Crippen LogP contribution in [0.4, 0.5) is 0 Å². The second kappa shape index (κ2) is 13.7. The Morgan fingerprint density at radius 2 is 1.53 bits per heavy atom. The van der Waals surface area contributed by atoms with E-state index in [4.69, 9.17) is 11.5 Å². The molecule has 2 rings (SSSR count). The summed E-state index contributed by atoms with van der Waals surface area (Å²) in [6.45, 7) is 11.6. The number of hydrogen-bond donors (Lipinski definition) is 2. The molecule has 0 aliphatic heterocycles. The van der Waals surface area contributed by atoms with Crippen molar-refractivity contribution in [3.8, 4) is 0 Å². The lowest BCUT2D eigenvalue weighted by Gasteiger charge is -2.64. The fourth-order valence-corrected chi connectivity index (χ4v) is 6.83. The van der Waals surface area contributed by atoms with Crippen LogP contribution in [-0.2, 0) is 0 Å². The number of unbranched alkanes of at least 4 members (excludes halogenated alkanes) is 5. The summed E-state index contributed by atoms with van der Waals surface area (Å²) >= 11 is 0. The third-order valence-corrected chi connectivity index (χ3v) is 8.51. The van der Waals surface area contributed by atoms with Gasteiger partial charge in [0.2, 0.25) is 0 Å². The molecular formula is C29H53N3. The first kappa shape index (κ1) is 27.3. The summed E-state index contributed by atoms with van der Waals surface area (Å²) in [6, 6.07) is 11.1. The molecule has 0 amide bonds. The van der Waals surface area contributed by atoms with Crippen LogP contribution in [0.15, 0.2) is 30.3 Å². The Morgan fingerprint density at radius 3 is 2.09 bits per heavy atom. The Balaban J connectivity index is 2.59. The van der Waals surface area contributed by atoms with Crippen LogP contribution in [0.1, 0.15) is 123 Å². The molecule has 0 heterocycles. The lowest BCUT2D eigenvalue weighted by Crippen LogP contribution is -2.72. The van der Waals surface area contributed by atoms with Crippen LogP contribution in [0, 0.1) is 5.41 Å². The second-order valence-corrected chi connectivity index (χ2v) is 10.3. The standard InChI is InChI=1S/C29H53N3/c1-5-9-12-16-21-28(27(31)25-18-14-13-15-19-25)22-17-20-26(30)29(28,8-4)32(23-10-6-2)24-11-7-3/h13-15,18-19,26-27H,5-12,16-17,20-24,30-31H2,1-4H3. The Kier molecular flexibility index (Phi) is 11.7. The number of benzene rings is 1. The second-order valence-electron chi connectivity index (χ2n) is 10.3. The first-order chi connectivity index (χ1) is 15.5. The molecule has 4 unspecified atom stereocenters. The van der Waals surface area contributed by atoms with Crippen molar-refractivity contribution in [2.24, 2.45) is 16.9 Å². The zero-order valence-electron chi connectivity index (χ0n) is 21.7. The monoisotopic (exact) mass is 443 g/mol. The van der Waals surface area contributed by atoms with Crippen molar-refractivity contribution < 1.29 is 0 Å². The zero-order valence-corrected chi connectivity index (χ0v) is 21.7. The highest BCUT2D eigenvalue weighted by Gasteiger charge is 2.60. The smallest absolute Gasteiger partial charge is 0.0431 e. The quantitative estimate of drug-likeness (QED) is 0.282. The SMILES string of the molecule is CCCCCCC1(C(N)c2ccccc2)CCCC(N)C1(CC)N(CCCC)CCCC. The van der Waals surface area contributed by atoms with E-state index in [2.05, 4.69) is 62.9 Å². The van der Waals surface area contributed by atoms with Crippen LogP contribution < -0.4 is 11.5 Å². The zero-order chi connectivity index (χ0) is 23.5. The van der Waals surface area contributed by atoms with Gasteiger partial charge in [-0.2, -0.15) is 0 Å². The van der Waals surface area contributed by atoms with Gasteiger partial charge in [0, 0.05) is 23.0 Å². The molecule has 4 atom stereocenters. The van der Waals surface area contributed by atoms with Crippen molar-refractivity contribution in [2.75, 3.05) is 13.1 Å². The highest BCUT2D eigenvalue weighted by atomic mass is 15.2. The number of nitrogens with zero attached hydrogens (tertiary/aromatic N) is 1. The van der Waals surface area contributed by atoms with Gasteiger partial charge in [-0.15, -0.1) is 0 Å². The molecular weight excluding hydrogens is 390 g/mol. The van der Waals surface area contributed by atoms with Crippen molar-refractivity contribution in [3.05, 3.63) is 35.9 Å². The van der Waals surface area contributed by atoms with Crippen LogP contribution in [0.2, 0.25) is 0 Å². The summed E-state index contributed by atoms with van der Waals surface area (Å²) in [5, 5.41) is 0. The van der Waals surface area contributed by atoms with Gasteiger partial charge in [0.25, 0.3) is 0 Å². The van der Waals surface area contributed by atoms with Crippen LogP contribution in [0.3, 0.4) is 0 Å². The Labute approximate surface area is 199 Å². The van der Waals surface area contributed by atoms with Gasteiger partial charge < -0.3 is 11.5 Å². The molecule has 0 aromatic heterocycles. The Hall–Kier alpha value is -0.900. The minimum atomic E-state index is -0.0307. The van der Waals surface area contributed by atoms with Gasteiger partial charge in [0.05, 0.1) is 0 Å². The summed E-state index contributed by atoms with van der Waals surface area (Å²) in [7, 11) is 0. The van der Waals surface area contributed by atoms with E-state index >= 15 is 0 Å². The molecule has 3 nitrogen and oxygen atoms in total. The van der Waals surface area contributed by atoms with E-state index in [0.717, 1.165) is 25.9 Å². The third kappa shape index (κ3) is 5.77. The van der Waals surface area contributed by atoms with Gasteiger partial charge in [0.15, 0.2) is 0 Å². The molecule has 0 spiro atoms. The molecule has 1 fully saturated rings. The maximum absolute atomic E-state index is 7.35. The lowest BCUT2D eigenvalue weighted by molar-refractivity contribution is -0.108. The van der Waals surface area contributed by atoms with Crippen LogP contribution >= 0.6 is 0 Å². The minimum Gasteiger partial charge on any atom is -0.326 e. The average molecular weight is 444 g/mol. The van der Waals surface area contributed by atoms with Crippen LogP contribution in [-0.4, -0.2) is 29.6 Å². The van der Waals surface area contributed by atoms with Gasteiger partial charge in [-0.3, -0.25) is 4.90 Å². The Bertz CT molecular complexity index is 610. The molecule has 1 aliphatic carbocycles. The van der Waals surface area contributed by atoms with E-state index < -0.39 is 0 Å². The maximum atomic E-state index is 7.35. The van der Waals surface area contributed by atoms with Crippen LogP contribution in [0.5, 0.6) is 0 Å². The largest absolute Gasteiger partial charge is 0.326 e. The summed E-state index contributed by atoms with van der Waals surface area (Å²) in [5.74, 6) is 0.